The molecule has 186 valence electrons. The molecule has 0 amide bonds. The van der Waals surface area contributed by atoms with Gasteiger partial charge in [0.15, 0.2) is 0 Å². The Morgan fingerprint density at radius 2 is 1.46 bits per heavy atom. The van der Waals surface area contributed by atoms with E-state index in [4.69, 9.17) is 0 Å². The van der Waals surface area contributed by atoms with Crippen LogP contribution in [0.15, 0.2) is 91.1 Å². The molecule has 1 saturated carbocycles. The third kappa shape index (κ3) is 5.76. The van der Waals surface area contributed by atoms with Crippen molar-refractivity contribution >= 4 is 35.7 Å². The number of rotatable bonds is 7. The number of hydrogen-bond acceptors (Lipinski definition) is 2. The molecule has 1 aliphatic rings. The summed E-state index contributed by atoms with van der Waals surface area (Å²) in [5, 5.41) is 5.40. The second-order valence-corrected chi connectivity index (χ2v) is 9.76. The Hall–Kier alpha value is -2.30. The Balaban J connectivity index is 0.00000171. The fraction of sp³-hybridized carbons (Fsp3) is 0.333. The van der Waals surface area contributed by atoms with Crippen molar-refractivity contribution in [1.82, 2.24) is 15.2 Å². The van der Waals surface area contributed by atoms with E-state index in [1.165, 1.54) is 53.3 Å². The summed E-state index contributed by atoms with van der Waals surface area (Å²) in [5.41, 5.74) is 5.56. The summed E-state index contributed by atoms with van der Waals surface area (Å²) in [6.45, 7) is 0. The smallest absolute Gasteiger partial charge is 0.0456 e. The lowest BCUT2D eigenvalue weighted by atomic mass is 9.74. The van der Waals surface area contributed by atoms with Gasteiger partial charge in [-0.2, -0.15) is 0 Å². The lowest BCUT2D eigenvalue weighted by molar-refractivity contribution is 0.0832. The molecule has 1 aliphatic carbocycles. The molecular formula is C30H37Cl2N3. The highest BCUT2D eigenvalue weighted by atomic mass is 35.5. The average Bonchev–Trinajstić information content (AvgIpc) is 3.28. The van der Waals surface area contributed by atoms with Gasteiger partial charge in [-0.25, -0.2) is 0 Å². The highest BCUT2D eigenvalue weighted by Crippen LogP contribution is 2.41. The maximum absolute atomic E-state index is 4.07. The first-order valence-corrected chi connectivity index (χ1v) is 12.2. The normalized spacial score (nSPS) is 20.7. The van der Waals surface area contributed by atoms with Crippen LogP contribution in [0.3, 0.4) is 0 Å². The van der Waals surface area contributed by atoms with E-state index in [9.17, 15) is 0 Å². The van der Waals surface area contributed by atoms with Gasteiger partial charge in [0.25, 0.3) is 0 Å². The number of nitrogens with one attached hydrogen (secondary N) is 2. The van der Waals surface area contributed by atoms with Gasteiger partial charge in [0.2, 0.25) is 0 Å². The van der Waals surface area contributed by atoms with E-state index in [0.717, 1.165) is 6.42 Å². The van der Waals surface area contributed by atoms with Gasteiger partial charge in [-0.3, -0.25) is 4.90 Å². The summed E-state index contributed by atoms with van der Waals surface area (Å²) in [6, 6.07) is 31.5. The van der Waals surface area contributed by atoms with Gasteiger partial charge < -0.3 is 10.3 Å². The Labute approximate surface area is 222 Å². The van der Waals surface area contributed by atoms with Crippen molar-refractivity contribution in [2.24, 2.45) is 0 Å². The molecule has 1 fully saturated rings. The van der Waals surface area contributed by atoms with Crippen LogP contribution in [0.1, 0.15) is 48.4 Å². The summed E-state index contributed by atoms with van der Waals surface area (Å²) in [7, 11) is 4.48. The van der Waals surface area contributed by atoms with Gasteiger partial charge in [0.1, 0.15) is 0 Å². The molecule has 0 radical (unpaired) electrons. The number of halogens is 2. The predicted octanol–water partition coefficient (Wildman–Crippen LogP) is 7.28. The van der Waals surface area contributed by atoms with E-state index in [0.29, 0.717) is 12.1 Å². The summed E-state index contributed by atoms with van der Waals surface area (Å²) in [6.07, 6.45) is 7.90. The van der Waals surface area contributed by atoms with Crippen LogP contribution in [0.5, 0.6) is 0 Å². The van der Waals surface area contributed by atoms with E-state index in [-0.39, 0.29) is 30.4 Å². The maximum atomic E-state index is 4.07. The fourth-order valence-corrected chi connectivity index (χ4v) is 5.77. The molecular weight excluding hydrogens is 473 g/mol. The van der Waals surface area contributed by atoms with Gasteiger partial charge in [0, 0.05) is 34.7 Å². The van der Waals surface area contributed by atoms with Crippen molar-refractivity contribution in [3.05, 3.63) is 108 Å². The van der Waals surface area contributed by atoms with Crippen molar-refractivity contribution in [2.45, 2.75) is 49.7 Å². The Morgan fingerprint density at radius 1 is 0.857 bits per heavy atom. The van der Waals surface area contributed by atoms with Gasteiger partial charge in [0.05, 0.1) is 0 Å². The van der Waals surface area contributed by atoms with Crippen molar-refractivity contribution < 1.29 is 0 Å². The van der Waals surface area contributed by atoms with E-state index < -0.39 is 0 Å². The standard InChI is InChI=1S/C30H35N3.2ClH/c1-33(2)30(25-13-7-4-8-14-25)19-17-26(18-20-30)32-29(23-11-5-3-6-12-23)21-24-22-31-28-16-10-9-15-27(24)28;;/h3-16,22,26,29,31-32H,17-21H2,1-2H3;2*1H. The van der Waals surface area contributed by atoms with E-state index in [1.807, 2.05) is 0 Å². The highest BCUT2D eigenvalue weighted by Gasteiger charge is 2.39. The van der Waals surface area contributed by atoms with Crippen molar-refractivity contribution in [3.8, 4) is 0 Å². The average molecular weight is 511 g/mol. The molecule has 1 heterocycles. The molecule has 5 rings (SSSR count). The number of benzene rings is 3. The van der Waals surface area contributed by atoms with Crippen LogP contribution >= 0.6 is 24.8 Å². The molecule has 3 nitrogen and oxygen atoms in total. The topological polar surface area (TPSA) is 31.1 Å². The van der Waals surface area contributed by atoms with Crippen LogP contribution in [-0.2, 0) is 12.0 Å². The third-order valence-corrected chi connectivity index (χ3v) is 7.72. The number of hydrogen-bond donors (Lipinski definition) is 2. The predicted molar refractivity (Wildman–Crippen MR) is 153 cm³/mol. The molecule has 35 heavy (non-hydrogen) atoms. The van der Waals surface area contributed by atoms with Crippen LogP contribution in [0.2, 0.25) is 0 Å². The summed E-state index contributed by atoms with van der Waals surface area (Å²) in [4.78, 5) is 5.90. The van der Waals surface area contributed by atoms with E-state index in [1.54, 1.807) is 0 Å². The highest BCUT2D eigenvalue weighted by molar-refractivity contribution is 5.85. The van der Waals surface area contributed by atoms with Crippen LogP contribution in [0, 0.1) is 0 Å². The lowest BCUT2D eigenvalue weighted by Crippen LogP contribution is -2.48. The molecule has 1 unspecified atom stereocenters. The molecule has 0 bridgehead atoms. The zero-order valence-electron chi connectivity index (χ0n) is 20.6. The molecule has 2 N–H and O–H groups in total. The molecule has 1 aromatic heterocycles. The second kappa shape index (κ2) is 12.1. The van der Waals surface area contributed by atoms with Gasteiger partial charge in [-0.1, -0.05) is 78.9 Å². The monoisotopic (exact) mass is 509 g/mol. The van der Waals surface area contributed by atoms with Gasteiger partial charge in [-0.15, -0.1) is 24.8 Å². The number of fused-ring (bicyclic) bond motifs is 1. The van der Waals surface area contributed by atoms with Crippen molar-refractivity contribution in [1.29, 1.82) is 0 Å². The van der Waals surface area contributed by atoms with Crippen LogP contribution < -0.4 is 5.32 Å². The quantitative estimate of drug-likeness (QED) is 0.274. The molecule has 0 spiro atoms. The zero-order chi connectivity index (χ0) is 22.7. The van der Waals surface area contributed by atoms with Gasteiger partial charge in [-0.05, 0) is 69.0 Å². The number of nitrogens with zero attached hydrogens (tertiary/aromatic N) is 1. The Bertz CT molecular complexity index is 1170. The zero-order valence-corrected chi connectivity index (χ0v) is 22.2. The number of para-hydroxylation sites is 1. The summed E-state index contributed by atoms with van der Waals surface area (Å²) in [5.74, 6) is 0. The fourth-order valence-electron chi connectivity index (χ4n) is 5.77. The molecule has 5 heteroatoms. The lowest BCUT2D eigenvalue weighted by Gasteiger charge is -2.46. The van der Waals surface area contributed by atoms with Crippen LogP contribution in [0.4, 0.5) is 0 Å². The minimum absolute atomic E-state index is 0. The first-order valence-electron chi connectivity index (χ1n) is 12.2. The molecule has 4 aromatic rings. The molecule has 1 atom stereocenters. The van der Waals surface area contributed by atoms with Crippen LogP contribution in [-0.4, -0.2) is 30.0 Å². The minimum atomic E-state index is 0. The van der Waals surface area contributed by atoms with E-state index >= 15 is 0 Å². The summed E-state index contributed by atoms with van der Waals surface area (Å²) >= 11 is 0. The third-order valence-electron chi connectivity index (χ3n) is 7.72. The Morgan fingerprint density at radius 3 is 2.11 bits per heavy atom. The van der Waals surface area contributed by atoms with Crippen molar-refractivity contribution in [3.63, 3.8) is 0 Å². The van der Waals surface area contributed by atoms with E-state index in [2.05, 4.69) is 120 Å². The molecule has 3 aromatic carbocycles. The first kappa shape index (κ1) is 27.3. The SMILES string of the molecule is CN(C)C1(c2ccccc2)CCC(NC(Cc2c[nH]c3ccccc23)c2ccccc2)CC1.Cl.Cl. The largest absolute Gasteiger partial charge is 0.361 e. The number of H-pyrrole nitrogens is 1. The van der Waals surface area contributed by atoms with Gasteiger partial charge >= 0.3 is 0 Å². The number of aromatic nitrogens is 1. The molecule has 0 aliphatic heterocycles. The second-order valence-electron chi connectivity index (χ2n) is 9.76. The first-order chi connectivity index (χ1) is 16.2. The molecule has 0 saturated heterocycles. The minimum Gasteiger partial charge on any atom is -0.361 e. The summed E-state index contributed by atoms with van der Waals surface area (Å²) < 4.78 is 0. The number of aromatic amines is 1. The van der Waals surface area contributed by atoms with Crippen molar-refractivity contribution in [2.75, 3.05) is 14.1 Å². The maximum Gasteiger partial charge on any atom is 0.0456 e. The Kier molecular flexibility index (Phi) is 9.43. The van der Waals surface area contributed by atoms with Crippen LogP contribution in [0.25, 0.3) is 10.9 Å².